The van der Waals surface area contributed by atoms with E-state index >= 15 is 0 Å². The number of benzene rings is 1. The Morgan fingerprint density at radius 1 is 1.35 bits per heavy atom. The van der Waals surface area contributed by atoms with Crippen molar-refractivity contribution in [2.24, 2.45) is 7.05 Å². The number of carbonyl (C=O) groups is 1. The fourth-order valence-electron chi connectivity index (χ4n) is 2.72. The molecule has 0 fully saturated rings. The molecule has 0 saturated carbocycles. The Kier molecular flexibility index (Phi) is 4.62. The maximum Gasteiger partial charge on any atom is 0.336 e. The van der Waals surface area contributed by atoms with Gasteiger partial charge in [-0.05, 0) is 32.1 Å². The summed E-state index contributed by atoms with van der Waals surface area (Å²) in [7, 11) is 1.84. The Morgan fingerprint density at radius 2 is 2.12 bits per heavy atom. The topological polar surface area (TPSA) is 94.6 Å². The van der Waals surface area contributed by atoms with Gasteiger partial charge in [0.2, 0.25) is 0 Å². The summed E-state index contributed by atoms with van der Waals surface area (Å²) < 4.78 is 12.0. The zero-order valence-corrected chi connectivity index (χ0v) is 14.6. The molecule has 7 heteroatoms. The lowest BCUT2D eigenvalue weighted by atomic mass is 10.1. The third-order valence-corrected chi connectivity index (χ3v) is 4.13. The lowest BCUT2D eigenvalue weighted by molar-refractivity contribution is -0.138. The minimum absolute atomic E-state index is 0.0139. The average Bonchev–Trinajstić information content (AvgIpc) is 2.82. The fraction of sp³-hybridized carbons (Fsp3) is 0.211. The van der Waals surface area contributed by atoms with Crippen LogP contribution in [0, 0.1) is 13.8 Å². The highest BCUT2D eigenvalue weighted by Crippen LogP contribution is 2.22. The lowest BCUT2D eigenvalue weighted by Crippen LogP contribution is -2.05. The van der Waals surface area contributed by atoms with Crippen molar-refractivity contribution in [1.82, 2.24) is 9.78 Å². The molecule has 0 spiro atoms. The molecule has 1 aromatic carbocycles. The molecule has 0 aliphatic rings. The van der Waals surface area contributed by atoms with Gasteiger partial charge in [0.25, 0.3) is 0 Å². The summed E-state index contributed by atoms with van der Waals surface area (Å²) in [5.41, 5.74) is 2.79. The molecule has 0 atom stereocenters. The number of hydrogen-bond acceptors (Lipinski definition) is 6. The Balaban J connectivity index is 1.77. The number of ether oxygens (including phenoxy) is 1. The predicted octanol–water partition coefficient (Wildman–Crippen LogP) is 2.61. The molecule has 7 nitrogen and oxygen atoms in total. The van der Waals surface area contributed by atoms with Gasteiger partial charge in [-0.2, -0.15) is 5.10 Å². The standard InChI is InChI=1S/C19H18N2O5/c1-11-15(12(2)21(3)20-11)6-7-18(23)25-10-13-8-19(24)26-17-9-14(22)4-5-16(13)17/h4-9,22H,10H2,1-3H3/b7-6+. The fourth-order valence-corrected chi connectivity index (χ4v) is 2.72. The number of phenols is 1. The van der Waals surface area contributed by atoms with Gasteiger partial charge < -0.3 is 14.3 Å². The van der Waals surface area contributed by atoms with Crippen LogP contribution < -0.4 is 5.63 Å². The molecule has 2 heterocycles. The SMILES string of the molecule is Cc1nn(C)c(C)c1/C=C/C(=O)OCc1cc(=O)oc2cc(O)ccc12. The summed E-state index contributed by atoms with van der Waals surface area (Å²) in [4.78, 5) is 23.7. The van der Waals surface area contributed by atoms with Crippen LogP contribution in [-0.2, 0) is 23.2 Å². The first-order valence-corrected chi connectivity index (χ1v) is 7.96. The van der Waals surface area contributed by atoms with Gasteiger partial charge in [0.05, 0.1) is 5.69 Å². The van der Waals surface area contributed by atoms with E-state index in [0.29, 0.717) is 10.9 Å². The summed E-state index contributed by atoms with van der Waals surface area (Å²) in [6, 6.07) is 5.69. The third kappa shape index (κ3) is 3.51. The summed E-state index contributed by atoms with van der Waals surface area (Å²) in [5.74, 6) is -0.548. The monoisotopic (exact) mass is 354 g/mol. The molecule has 3 aromatic rings. The van der Waals surface area contributed by atoms with Gasteiger partial charge in [-0.1, -0.05) is 0 Å². The molecule has 0 radical (unpaired) electrons. The van der Waals surface area contributed by atoms with Gasteiger partial charge in [0, 0.05) is 47.5 Å². The highest BCUT2D eigenvalue weighted by molar-refractivity contribution is 5.88. The quantitative estimate of drug-likeness (QED) is 0.440. The van der Waals surface area contributed by atoms with Crippen LogP contribution in [0.1, 0.15) is 22.5 Å². The smallest absolute Gasteiger partial charge is 0.336 e. The highest BCUT2D eigenvalue weighted by atomic mass is 16.5. The van der Waals surface area contributed by atoms with E-state index in [1.165, 1.54) is 24.3 Å². The summed E-state index contributed by atoms with van der Waals surface area (Å²) in [6.07, 6.45) is 2.99. The van der Waals surface area contributed by atoms with Crippen LogP contribution >= 0.6 is 0 Å². The zero-order chi connectivity index (χ0) is 18.8. The van der Waals surface area contributed by atoms with E-state index in [4.69, 9.17) is 9.15 Å². The van der Waals surface area contributed by atoms with Crippen LogP contribution in [0.15, 0.2) is 39.6 Å². The van der Waals surface area contributed by atoms with Crippen molar-refractivity contribution in [3.63, 3.8) is 0 Å². The Hall–Kier alpha value is -3.35. The molecule has 3 rings (SSSR count). The zero-order valence-electron chi connectivity index (χ0n) is 14.6. The van der Waals surface area contributed by atoms with Crippen LogP contribution in [0.2, 0.25) is 0 Å². The first-order chi connectivity index (χ1) is 12.3. The van der Waals surface area contributed by atoms with Gasteiger partial charge in [0.1, 0.15) is 17.9 Å². The highest BCUT2D eigenvalue weighted by Gasteiger charge is 2.10. The molecule has 2 aromatic heterocycles. The lowest BCUT2D eigenvalue weighted by Gasteiger charge is -2.06. The van der Waals surface area contributed by atoms with E-state index in [2.05, 4.69) is 5.10 Å². The number of rotatable bonds is 4. The van der Waals surface area contributed by atoms with E-state index in [9.17, 15) is 14.7 Å². The number of phenolic OH excluding ortho intramolecular Hbond substituents is 1. The van der Waals surface area contributed by atoms with Crippen LogP contribution in [0.25, 0.3) is 17.0 Å². The number of aryl methyl sites for hydroxylation is 2. The van der Waals surface area contributed by atoms with Gasteiger partial charge >= 0.3 is 11.6 Å². The maximum absolute atomic E-state index is 12.0. The van der Waals surface area contributed by atoms with E-state index in [-0.39, 0.29) is 17.9 Å². The van der Waals surface area contributed by atoms with Crippen molar-refractivity contribution in [3.05, 3.63) is 63.3 Å². The van der Waals surface area contributed by atoms with Gasteiger partial charge in [-0.15, -0.1) is 0 Å². The van der Waals surface area contributed by atoms with Crippen LogP contribution in [-0.4, -0.2) is 20.9 Å². The van der Waals surface area contributed by atoms with Crippen molar-refractivity contribution < 1.29 is 19.1 Å². The molecule has 0 unspecified atom stereocenters. The van der Waals surface area contributed by atoms with Crippen LogP contribution in [0.4, 0.5) is 0 Å². The van der Waals surface area contributed by atoms with Crippen molar-refractivity contribution in [2.45, 2.75) is 20.5 Å². The van der Waals surface area contributed by atoms with Gasteiger partial charge in [-0.25, -0.2) is 9.59 Å². The Bertz CT molecular complexity index is 1080. The number of hydrogen-bond donors (Lipinski definition) is 1. The molecule has 1 N–H and O–H groups in total. The normalized spacial score (nSPS) is 11.3. The number of aromatic hydroxyl groups is 1. The number of fused-ring (bicyclic) bond motifs is 1. The molecule has 0 aliphatic carbocycles. The minimum Gasteiger partial charge on any atom is -0.508 e. The second-order valence-electron chi connectivity index (χ2n) is 5.92. The molecule has 0 saturated heterocycles. The first kappa shape index (κ1) is 17.5. The molecule has 0 amide bonds. The number of aromatic nitrogens is 2. The number of nitrogens with zero attached hydrogens (tertiary/aromatic N) is 2. The first-order valence-electron chi connectivity index (χ1n) is 7.96. The van der Waals surface area contributed by atoms with Gasteiger partial charge in [-0.3, -0.25) is 4.68 Å². The van der Waals surface area contributed by atoms with Crippen molar-refractivity contribution in [2.75, 3.05) is 0 Å². The second-order valence-corrected chi connectivity index (χ2v) is 5.92. The summed E-state index contributed by atoms with van der Waals surface area (Å²) in [6.45, 7) is 3.69. The minimum atomic E-state index is -0.577. The molecular weight excluding hydrogens is 336 g/mol. The second kappa shape index (κ2) is 6.87. The molecule has 134 valence electrons. The molecule has 0 aliphatic heterocycles. The average molecular weight is 354 g/mol. The van der Waals surface area contributed by atoms with Gasteiger partial charge in [0.15, 0.2) is 0 Å². The maximum atomic E-state index is 12.0. The van der Waals surface area contributed by atoms with Crippen molar-refractivity contribution >= 4 is 23.0 Å². The number of carbonyl (C=O) groups excluding carboxylic acids is 1. The molecule has 0 bridgehead atoms. The predicted molar refractivity (Wildman–Crippen MR) is 95.7 cm³/mol. The van der Waals surface area contributed by atoms with Crippen LogP contribution in [0.3, 0.4) is 0 Å². The number of esters is 1. The Morgan fingerprint density at radius 3 is 2.81 bits per heavy atom. The van der Waals surface area contributed by atoms with E-state index in [1.54, 1.807) is 16.8 Å². The van der Waals surface area contributed by atoms with E-state index in [0.717, 1.165) is 17.0 Å². The van der Waals surface area contributed by atoms with Crippen molar-refractivity contribution in [3.8, 4) is 5.75 Å². The summed E-state index contributed by atoms with van der Waals surface area (Å²) in [5, 5.41) is 14.4. The molecule has 26 heavy (non-hydrogen) atoms. The largest absolute Gasteiger partial charge is 0.508 e. The summed E-state index contributed by atoms with van der Waals surface area (Å²) >= 11 is 0. The van der Waals surface area contributed by atoms with Crippen LogP contribution in [0.5, 0.6) is 5.75 Å². The van der Waals surface area contributed by atoms with Crippen molar-refractivity contribution in [1.29, 1.82) is 0 Å². The third-order valence-electron chi connectivity index (χ3n) is 4.13. The molecular formula is C19H18N2O5. The Labute approximate surface area is 149 Å². The van der Waals surface area contributed by atoms with E-state index < -0.39 is 11.6 Å². The van der Waals surface area contributed by atoms with E-state index in [1.807, 2.05) is 20.9 Å².